The number of piperazine rings is 1. The van der Waals surface area contributed by atoms with Gasteiger partial charge in [0.05, 0.1) is 13.4 Å². The summed E-state index contributed by atoms with van der Waals surface area (Å²) in [5.74, 6) is -1.50. The predicted molar refractivity (Wildman–Crippen MR) is 163 cm³/mol. The maximum atomic E-state index is 15.3. The van der Waals surface area contributed by atoms with Crippen molar-refractivity contribution >= 4 is 39.3 Å². The highest BCUT2D eigenvalue weighted by Gasteiger charge is 2.38. The summed E-state index contributed by atoms with van der Waals surface area (Å²) in [7, 11) is -2.26. The van der Waals surface area contributed by atoms with Crippen LogP contribution in [0.1, 0.15) is 43.2 Å². The van der Waals surface area contributed by atoms with E-state index < -0.39 is 39.8 Å². The van der Waals surface area contributed by atoms with E-state index in [1.165, 1.54) is 29.8 Å². The van der Waals surface area contributed by atoms with Crippen LogP contribution < -0.4 is 16.0 Å². The summed E-state index contributed by atoms with van der Waals surface area (Å²) in [5, 5.41) is 9.37. The van der Waals surface area contributed by atoms with E-state index in [1.54, 1.807) is 18.2 Å². The summed E-state index contributed by atoms with van der Waals surface area (Å²) >= 11 is 6.15. The Morgan fingerprint density at radius 1 is 1.16 bits per heavy atom. The molecule has 4 rings (SSSR count). The lowest BCUT2D eigenvalue weighted by atomic mass is 9.76. The van der Waals surface area contributed by atoms with Gasteiger partial charge in [0.15, 0.2) is 0 Å². The van der Waals surface area contributed by atoms with Crippen LogP contribution in [0, 0.1) is 11.7 Å². The van der Waals surface area contributed by atoms with Crippen molar-refractivity contribution in [2.24, 2.45) is 5.92 Å². The highest BCUT2D eigenvalue weighted by atomic mass is 35.5. The molecule has 0 aliphatic carbocycles. The monoisotopic (exact) mass is 638 g/mol. The Balaban J connectivity index is 1.63. The molecule has 2 aromatic carbocycles. The van der Waals surface area contributed by atoms with Gasteiger partial charge in [-0.15, -0.1) is 0 Å². The average Bonchev–Trinajstić information content (AvgIpc) is 2.97. The van der Waals surface area contributed by atoms with Gasteiger partial charge in [0, 0.05) is 60.6 Å². The fourth-order valence-corrected chi connectivity index (χ4v) is 7.85. The molecular formula is C30H40ClFN4O6S. The molecule has 2 aromatic rings. The van der Waals surface area contributed by atoms with Crippen LogP contribution in [0.2, 0.25) is 5.02 Å². The van der Waals surface area contributed by atoms with Gasteiger partial charge in [-0.3, -0.25) is 4.79 Å². The van der Waals surface area contributed by atoms with Crippen molar-refractivity contribution in [2.45, 2.75) is 56.7 Å². The molecule has 0 bridgehead atoms. The van der Waals surface area contributed by atoms with Crippen molar-refractivity contribution in [3.05, 3.63) is 64.4 Å². The Hall–Kier alpha value is -2.77. The first kappa shape index (κ1) is 33.1. The minimum Gasteiger partial charge on any atom is -0.453 e. The van der Waals surface area contributed by atoms with E-state index in [-0.39, 0.29) is 35.7 Å². The van der Waals surface area contributed by atoms with Crippen LogP contribution in [0.25, 0.3) is 0 Å². The van der Waals surface area contributed by atoms with Gasteiger partial charge in [-0.25, -0.2) is 17.6 Å². The number of nitrogens with one attached hydrogen (secondary N) is 3. The number of sulfonamides is 1. The number of carbonyl (C=O) groups is 2. The minimum atomic E-state index is -3.48. The summed E-state index contributed by atoms with van der Waals surface area (Å²) in [4.78, 5) is 26.5. The molecule has 0 radical (unpaired) electrons. The van der Waals surface area contributed by atoms with Gasteiger partial charge in [-0.05, 0) is 68.4 Å². The zero-order valence-electron chi connectivity index (χ0n) is 24.6. The molecule has 2 saturated heterocycles. The Morgan fingerprint density at radius 2 is 1.86 bits per heavy atom. The number of ether oxygens (including phenoxy) is 2. The topological polar surface area (TPSA) is 126 Å². The van der Waals surface area contributed by atoms with Gasteiger partial charge in [-0.2, -0.15) is 4.31 Å². The first-order valence-electron chi connectivity index (χ1n) is 14.4. The molecule has 1 unspecified atom stereocenters. The zero-order chi connectivity index (χ0) is 31.1. The number of amides is 2. The number of alkyl carbamates (subject to hydrolysis) is 1. The van der Waals surface area contributed by atoms with E-state index in [0.717, 1.165) is 5.56 Å². The SMILES string of the molecule is COC(=O)N[C@H](C(=O)Nc1cccc(F)c1CC[C@H]1CNC[C@@H](C)N1S(C)(=O)=O)C(c1ccc(Cl)cc1)C1CCOCC1. The molecule has 0 saturated carbocycles. The van der Waals surface area contributed by atoms with Crippen LogP contribution >= 0.6 is 11.6 Å². The van der Waals surface area contributed by atoms with Crippen LogP contribution in [-0.2, 0) is 30.7 Å². The first-order valence-corrected chi connectivity index (χ1v) is 16.7. The van der Waals surface area contributed by atoms with E-state index in [0.29, 0.717) is 50.6 Å². The fourth-order valence-electron chi connectivity index (χ4n) is 6.28. The second-order valence-electron chi connectivity index (χ2n) is 11.2. The fraction of sp³-hybridized carbons (Fsp3) is 0.533. The van der Waals surface area contributed by atoms with E-state index >= 15 is 4.39 Å². The van der Waals surface area contributed by atoms with Crippen molar-refractivity contribution in [1.82, 2.24) is 14.9 Å². The number of methoxy groups -OCH3 is 1. The third-order valence-electron chi connectivity index (χ3n) is 8.23. The van der Waals surface area contributed by atoms with Crippen molar-refractivity contribution in [3.63, 3.8) is 0 Å². The molecule has 2 heterocycles. The maximum absolute atomic E-state index is 15.3. The molecule has 10 nitrogen and oxygen atoms in total. The van der Waals surface area contributed by atoms with Gasteiger partial charge in [0.2, 0.25) is 15.9 Å². The average molecular weight is 639 g/mol. The number of carbonyl (C=O) groups excluding carboxylic acids is 2. The smallest absolute Gasteiger partial charge is 0.407 e. The summed E-state index contributed by atoms with van der Waals surface area (Å²) in [6.07, 6.45) is 2.29. The normalized spacial score (nSPS) is 21.5. The standard InChI is InChI=1S/C30H40ClFN4O6S/c1-19-17-33-18-23(36(19)43(3,39)40)11-12-24-25(32)5-4-6-26(24)34-29(37)28(35-30(38)41-2)27(21-13-15-42-16-14-21)20-7-9-22(31)10-8-20/h4-10,19,21,23,27-28,33H,11-18H2,1-3H3,(H,34,37)(H,35,38)/t19-,23+,27?,28+/m1/s1. The van der Waals surface area contributed by atoms with Crippen LogP contribution in [0.4, 0.5) is 14.9 Å². The maximum Gasteiger partial charge on any atom is 0.407 e. The Morgan fingerprint density at radius 3 is 2.51 bits per heavy atom. The lowest BCUT2D eigenvalue weighted by Gasteiger charge is -2.39. The molecule has 0 aromatic heterocycles. The van der Waals surface area contributed by atoms with E-state index in [9.17, 15) is 18.0 Å². The predicted octanol–water partition coefficient (Wildman–Crippen LogP) is 3.91. The van der Waals surface area contributed by atoms with Crippen molar-refractivity contribution < 1.29 is 31.9 Å². The largest absolute Gasteiger partial charge is 0.453 e. The van der Waals surface area contributed by atoms with E-state index in [2.05, 4.69) is 16.0 Å². The molecule has 13 heteroatoms. The Bertz CT molecular complexity index is 1370. The molecule has 2 aliphatic rings. The van der Waals surface area contributed by atoms with Gasteiger partial charge < -0.3 is 25.4 Å². The summed E-state index contributed by atoms with van der Waals surface area (Å²) in [6, 6.07) is 9.88. The number of rotatable bonds is 10. The molecule has 236 valence electrons. The van der Waals surface area contributed by atoms with Gasteiger partial charge in [0.1, 0.15) is 11.9 Å². The molecule has 2 fully saturated rings. The molecule has 2 amide bonds. The summed E-state index contributed by atoms with van der Waals surface area (Å²) in [5.41, 5.74) is 1.33. The Kier molecular flexibility index (Phi) is 11.4. The first-order chi connectivity index (χ1) is 20.5. The number of halogens is 2. The van der Waals surface area contributed by atoms with Crippen molar-refractivity contribution in [3.8, 4) is 0 Å². The highest BCUT2D eigenvalue weighted by Crippen LogP contribution is 2.36. The van der Waals surface area contributed by atoms with Crippen LogP contribution in [-0.4, -0.2) is 82.5 Å². The van der Waals surface area contributed by atoms with Crippen LogP contribution in [0.3, 0.4) is 0 Å². The van der Waals surface area contributed by atoms with Gasteiger partial charge in [0.25, 0.3) is 0 Å². The second kappa shape index (κ2) is 14.8. The number of hydrogen-bond donors (Lipinski definition) is 3. The molecule has 4 atom stereocenters. The minimum absolute atomic E-state index is 0.00224. The summed E-state index contributed by atoms with van der Waals surface area (Å²) in [6.45, 7) is 3.84. The second-order valence-corrected chi connectivity index (χ2v) is 13.5. The molecule has 2 aliphatic heterocycles. The summed E-state index contributed by atoms with van der Waals surface area (Å²) < 4.78 is 52.2. The van der Waals surface area contributed by atoms with Crippen molar-refractivity contribution in [1.29, 1.82) is 0 Å². The lowest BCUT2D eigenvalue weighted by Crippen LogP contribution is -2.58. The van der Waals surface area contributed by atoms with Crippen LogP contribution in [0.5, 0.6) is 0 Å². The number of benzene rings is 2. The molecule has 3 N–H and O–H groups in total. The highest BCUT2D eigenvalue weighted by molar-refractivity contribution is 7.88. The quantitative estimate of drug-likeness (QED) is 0.360. The van der Waals surface area contributed by atoms with Gasteiger partial charge >= 0.3 is 6.09 Å². The third-order valence-corrected chi connectivity index (χ3v) is 9.91. The van der Waals surface area contributed by atoms with E-state index in [1.807, 2.05) is 19.1 Å². The van der Waals surface area contributed by atoms with Gasteiger partial charge in [-0.1, -0.05) is 29.8 Å². The van der Waals surface area contributed by atoms with Crippen molar-refractivity contribution in [2.75, 3.05) is 45.0 Å². The molecule has 0 spiro atoms. The van der Waals surface area contributed by atoms with E-state index in [4.69, 9.17) is 21.1 Å². The third kappa shape index (κ3) is 8.45. The number of nitrogens with zero attached hydrogens (tertiary/aromatic N) is 1. The number of hydrogen-bond acceptors (Lipinski definition) is 7. The number of anilines is 1. The zero-order valence-corrected chi connectivity index (χ0v) is 26.2. The lowest BCUT2D eigenvalue weighted by molar-refractivity contribution is -0.119. The van der Waals surface area contributed by atoms with Crippen LogP contribution in [0.15, 0.2) is 42.5 Å². The molecule has 43 heavy (non-hydrogen) atoms. The molecular weight excluding hydrogens is 599 g/mol. The Labute approximate surface area is 257 Å².